The Bertz CT molecular complexity index is 188. The van der Waals surface area contributed by atoms with Crippen LogP contribution in [0.15, 0.2) is 12.7 Å². The van der Waals surface area contributed by atoms with Gasteiger partial charge >= 0.3 is 0 Å². The molecular weight excluding hydrogens is 168 g/mol. The summed E-state index contributed by atoms with van der Waals surface area (Å²) in [5.74, 6) is 2.45. The minimum Gasteiger partial charge on any atom is -0.299 e. The van der Waals surface area contributed by atoms with Gasteiger partial charge in [0.15, 0.2) is 0 Å². The Morgan fingerprint density at radius 3 is 3.00 bits per heavy atom. The largest absolute Gasteiger partial charge is 0.299 e. The van der Waals surface area contributed by atoms with Crippen LogP contribution < -0.4 is 0 Å². The van der Waals surface area contributed by atoms with Crippen LogP contribution in [0.2, 0.25) is 0 Å². The average Bonchev–Trinajstić information content (AvgIpc) is 2.10. The van der Waals surface area contributed by atoms with Gasteiger partial charge in [-0.2, -0.15) is 11.8 Å². The molecule has 1 atom stereocenters. The molecule has 0 amide bonds. The smallest absolute Gasteiger partial charge is 0.140 e. The van der Waals surface area contributed by atoms with Gasteiger partial charge in [-0.15, -0.1) is 6.58 Å². The molecule has 1 heterocycles. The third-order valence-corrected chi connectivity index (χ3v) is 3.90. The third kappa shape index (κ3) is 1.74. The molecule has 2 heteroatoms. The number of rotatable bonds is 3. The Morgan fingerprint density at radius 1 is 1.75 bits per heavy atom. The second-order valence-corrected chi connectivity index (χ2v) is 4.46. The molecule has 1 aliphatic heterocycles. The number of hydrogen-bond donors (Lipinski definition) is 0. The fourth-order valence-electron chi connectivity index (χ4n) is 1.67. The highest BCUT2D eigenvalue weighted by atomic mass is 32.2. The first kappa shape index (κ1) is 9.85. The molecule has 12 heavy (non-hydrogen) atoms. The second kappa shape index (κ2) is 4.13. The van der Waals surface area contributed by atoms with E-state index in [1.807, 2.05) is 17.8 Å². The number of ketones is 1. The van der Waals surface area contributed by atoms with Gasteiger partial charge in [-0.1, -0.05) is 13.0 Å². The van der Waals surface area contributed by atoms with Crippen molar-refractivity contribution in [2.45, 2.75) is 26.2 Å². The quantitative estimate of drug-likeness (QED) is 0.627. The molecule has 0 bridgehead atoms. The zero-order chi connectivity index (χ0) is 9.03. The molecule has 0 radical (unpaired) electrons. The molecule has 0 aromatic heterocycles. The van der Waals surface area contributed by atoms with E-state index in [1.54, 1.807) is 0 Å². The summed E-state index contributed by atoms with van der Waals surface area (Å²) in [6.07, 6.45) is 4.46. The normalized spacial score (nSPS) is 30.2. The van der Waals surface area contributed by atoms with Crippen LogP contribution in [0.3, 0.4) is 0 Å². The maximum atomic E-state index is 11.7. The van der Waals surface area contributed by atoms with E-state index in [-0.39, 0.29) is 5.41 Å². The van der Waals surface area contributed by atoms with Crippen molar-refractivity contribution in [1.82, 2.24) is 0 Å². The van der Waals surface area contributed by atoms with E-state index in [4.69, 9.17) is 0 Å². The van der Waals surface area contributed by atoms with Crippen molar-refractivity contribution in [3.8, 4) is 0 Å². The summed E-state index contributed by atoms with van der Waals surface area (Å²) in [6, 6.07) is 0. The van der Waals surface area contributed by atoms with E-state index in [2.05, 4.69) is 13.5 Å². The van der Waals surface area contributed by atoms with E-state index >= 15 is 0 Å². The van der Waals surface area contributed by atoms with Gasteiger partial charge < -0.3 is 0 Å². The van der Waals surface area contributed by atoms with E-state index in [9.17, 15) is 4.79 Å². The second-order valence-electron chi connectivity index (χ2n) is 3.35. The highest BCUT2D eigenvalue weighted by molar-refractivity contribution is 7.99. The minimum absolute atomic E-state index is 0.0648. The molecule has 1 nitrogen and oxygen atoms in total. The lowest BCUT2D eigenvalue weighted by atomic mass is 9.78. The van der Waals surface area contributed by atoms with Gasteiger partial charge in [-0.05, 0) is 12.8 Å². The van der Waals surface area contributed by atoms with Crippen molar-refractivity contribution in [2.75, 3.05) is 11.5 Å². The minimum atomic E-state index is -0.0648. The molecule has 68 valence electrons. The first-order valence-electron chi connectivity index (χ1n) is 4.47. The zero-order valence-corrected chi connectivity index (χ0v) is 8.45. The lowest BCUT2D eigenvalue weighted by Crippen LogP contribution is -2.36. The van der Waals surface area contributed by atoms with Crippen LogP contribution in [-0.4, -0.2) is 17.3 Å². The fourth-order valence-corrected chi connectivity index (χ4v) is 3.02. The van der Waals surface area contributed by atoms with Gasteiger partial charge in [-0.3, -0.25) is 4.79 Å². The highest BCUT2D eigenvalue weighted by Crippen LogP contribution is 2.37. The number of Topliss-reactive ketones (excluding diaryl/α,β-unsaturated/α-hetero) is 1. The first-order chi connectivity index (χ1) is 5.75. The Kier molecular flexibility index (Phi) is 3.39. The monoisotopic (exact) mass is 184 g/mol. The van der Waals surface area contributed by atoms with Gasteiger partial charge in [0.2, 0.25) is 0 Å². The predicted molar refractivity (Wildman–Crippen MR) is 54.5 cm³/mol. The Labute approximate surface area is 78.6 Å². The molecule has 0 spiro atoms. The van der Waals surface area contributed by atoms with Gasteiger partial charge in [0.05, 0.1) is 0 Å². The molecular formula is C10H16OS. The van der Waals surface area contributed by atoms with Gasteiger partial charge in [0.1, 0.15) is 5.78 Å². The van der Waals surface area contributed by atoms with Gasteiger partial charge in [0.25, 0.3) is 0 Å². The number of thioether (sulfide) groups is 1. The van der Waals surface area contributed by atoms with Gasteiger partial charge in [-0.25, -0.2) is 0 Å². The van der Waals surface area contributed by atoms with E-state index < -0.39 is 0 Å². The summed E-state index contributed by atoms with van der Waals surface area (Å²) >= 11 is 1.90. The fraction of sp³-hybridized carbons (Fsp3) is 0.700. The van der Waals surface area contributed by atoms with Crippen molar-refractivity contribution in [2.24, 2.45) is 5.41 Å². The Hall–Kier alpha value is -0.240. The summed E-state index contributed by atoms with van der Waals surface area (Å²) in [7, 11) is 0. The number of carbonyl (C=O) groups is 1. The summed E-state index contributed by atoms with van der Waals surface area (Å²) in [4.78, 5) is 11.7. The summed E-state index contributed by atoms with van der Waals surface area (Å²) in [5, 5.41) is 0. The molecule has 1 saturated heterocycles. The summed E-state index contributed by atoms with van der Waals surface area (Å²) in [5.41, 5.74) is -0.0648. The van der Waals surface area contributed by atoms with E-state index in [1.165, 1.54) is 0 Å². The molecule has 1 fully saturated rings. The summed E-state index contributed by atoms with van der Waals surface area (Å²) < 4.78 is 0. The van der Waals surface area contributed by atoms with Crippen molar-refractivity contribution >= 4 is 17.5 Å². The zero-order valence-electron chi connectivity index (χ0n) is 7.64. The van der Waals surface area contributed by atoms with Gasteiger partial charge in [0, 0.05) is 23.3 Å². The molecule has 0 N–H and O–H groups in total. The van der Waals surface area contributed by atoms with Crippen LogP contribution in [0.4, 0.5) is 0 Å². The maximum absolute atomic E-state index is 11.7. The van der Waals surface area contributed by atoms with E-state index in [0.717, 1.165) is 30.8 Å². The van der Waals surface area contributed by atoms with Crippen molar-refractivity contribution < 1.29 is 4.79 Å². The summed E-state index contributed by atoms with van der Waals surface area (Å²) in [6.45, 7) is 5.83. The first-order valence-corrected chi connectivity index (χ1v) is 5.62. The van der Waals surface area contributed by atoms with Crippen LogP contribution >= 0.6 is 11.8 Å². The predicted octanol–water partition coefficient (Wildman–Crippen LogP) is 2.66. The standard InChI is InChI=1S/C10H16OS/c1-3-6-10(4-2)8-12-7-5-9(10)11/h3H,1,4-8H2,2H3/t10-/m0/s1. The number of allylic oxidation sites excluding steroid dienone is 1. The van der Waals surface area contributed by atoms with Crippen molar-refractivity contribution in [1.29, 1.82) is 0 Å². The van der Waals surface area contributed by atoms with E-state index in [0.29, 0.717) is 5.78 Å². The molecule has 0 saturated carbocycles. The van der Waals surface area contributed by atoms with Crippen molar-refractivity contribution in [3.05, 3.63) is 12.7 Å². The Balaban J connectivity index is 2.73. The number of carbonyl (C=O) groups excluding carboxylic acids is 1. The van der Waals surface area contributed by atoms with Crippen LogP contribution in [0.1, 0.15) is 26.2 Å². The maximum Gasteiger partial charge on any atom is 0.140 e. The van der Waals surface area contributed by atoms with Crippen LogP contribution in [0.25, 0.3) is 0 Å². The lowest BCUT2D eigenvalue weighted by Gasteiger charge is -2.33. The van der Waals surface area contributed by atoms with Crippen LogP contribution in [0.5, 0.6) is 0 Å². The van der Waals surface area contributed by atoms with Crippen LogP contribution in [0, 0.1) is 5.41 Å². The number of hydrogen-bond acceptors (Lipinski definition) is 2. The lowest BCUT2D eigenvalue weighted by molar-refractivity contribution is -0.127. The van der Waals surface area contributed by atoms with Crippen molar-refractivity contribution in [3.63, 3.8) is 0 Å². The molecule has 0 unspecified atom stereocenters. The third-order valence-electron chi connectivity index (χ3n) is 2.66. The topological polar surface area (TPSA) is 17.1 Å². The van der Waals surface area contributed by atoms with Crippen LogP contribution in [-0.2, 0) is 4.79 Å². The highest BCUT2D eigenvalue weighted by Gasteiger charge is 2.36. The molecule has 0 aromatic carbocycles. The average molecular weight is 184 g/mol. The molecule has 0 aliphatic carbocycles. The SMILES string of the molecule is C=CC[C@@]1(CC)CSCCC1=O. The molecule has 0 aromatic rings. The molecule has 1 rings (SSSR count). The Morgan fingerprint density at radius 2 is 2.50 bits per heavy atom. The molecule has 1 aliphatic rings.